The number of sulfonamides is 2. The van der Waals surface area contributed by atoms with E-state index in [-0.39, 0.29) is 61.7 Å². The first-order valence-electron chi connectivity index (χ1n) is 32.3. The van der Waals surface area contributed by atoms with Crippen molar-refractivity contribution in [2.24, 2.45) is 40.2 Å². The lowest BCUT2D eigenvalue weighted by Gasteiger charge is -2.35. The summed E-state index contributed by atoms with van der Waals surface area (Å²) in [7, 11) is -4.79. The third-order valence-electron chi connectivity index (χ3n) is 18.5. The van der Waals surface area contributed by atoms with E-state index in [2.05, 4.69) is 49.2 Å². The maximum atomic E-state index is 14.3. The Labute approximate surface area is 555 Å². The third-order valence-corrected chi connectivity index (χ3v) is 22.1. The number of rotatable bonds is 25. The van der Waals surface area contributed by atoms with E-state index < -0.39 is 148 Å². The fourth-order valence-corrected chi connectivity index (χ4v) is 14.7. The third kappa shape index (κ3) is 18.0. The Balaban J connectivity index is 0.000000213. The molecule has 2 saturated heterocycles. The zero-order valence-corrected chi connectivity index (χ0v) is 56.8. The summed E-state index contributed by atoms with van der Waals surface area (Å²) in [6.45, 7) is 18.5. The van der Waals surface area contributed by atoms with Gasteiger partial charge in [-0.2, -0.15) is 0 Å². The van der Waals surface area contributed by atoms with Crippen molar-refractivity contribution in [1.82, 2.24) is 45.8 Å². The van der Waals surface area contributed by atoms with Crippen molar-refractivity contribution in [3.63, 3.8) is 0 Å². The molecule has 9 amide bonds. The van der Waals surface area contributed by atoms with Crippen LogP contribution in [0.2, 0.25) is 0 Å². The zero-order valence-electron chi connectivity index (χ0n) is 55.2. The lowest BCUT2D eigenvalue weighted by Crippen LogP contribution is -2.60. The molecular weight excluding hydrogens is 1270 g/mol. The SMILES string of the molecule is C=CC1CC1(NC(=O)[C@@H]1C[C@@H](N)CN1C(=O)[C@@H](NC(=O)CC1CC1)C(C)(C)C)C(=O)NS(=O)(=O)C1CC1.C=CC1CC1(NC(=O)[C@@H]1C[C@@H](NC(=O)c2ccccc2OC)CN1C(=O)[C@@H](NC(=O)CC1CC1)C(C)(C)C)C(=O)NS(=O)(=O)C1CC1.COc1ccccc1C(=O)O. The largest absolute Gasteiger partial charge is 0.496 e. The van der Waals surface area contributed by atoms with E-state index in [4.69, 9.17) is 20.3 Å². The number of hydrogen-bond acceptors (Lipinski definition) is 17. The molecule has 10 rings (SSSR count). The molecule has 29 heteroatoms. The van der Waals surface area contributed by atoms with Crippen molar-refractivity contribution in [2.75, 3.05) is 27.3 Å². The summed E-state index contributed by atoms with van der Waals surface area (Å²) in [5.74, 6) is -5.22. The van der Waals surface area contributed by atoms with Crippen molar-refractivity contribution in [3.05, 3.63) is 85.0 Å². The van der Waals surface area contributed by atoms with Crippen molar-refractivity contribution in [2.45, 2.75) is 189 Å². The number of carbonyl (C=O) groups is 10. The van der Waals surface area contributed by atoms with Crippen molar-refractivity contribution < 1.29 is 79.4 Å². The number of likely N-dealkylation sites (tertiary alicyclic amines) is 2. The summed E-state index contributed by atoms with van der Waals surface area (Å²) in [5, 5.41) is 21.5. The highest BCUT2D eigenvalue weighted by molar-refractivity contribution is 7.91. The number of carbonyl (C=O) groups excluding carboxylic acids is 9. The number of ether oxygens (including phenoxy) is 2. The molecule has 2 aromatic carbocycles. The normalized spacial score (nSPS) is 25.7. The van der Waals surface area contributed by atoms with Crippen LogP contribution in [0.3, 0.4) is 0 Å². The molecule has 4 unspecified atom stereocenters. The Kier molecular flexibility index (Phi) is 22.1. The minimum atomic E-state index is -3.89. The number of nitrogens with one attached hydrogen (secondary N) is 7. The quantitative estimate of drug-likeness (QED) is 0.0645. The summed E-state index contributed by atoms with van der Waals surface area (Å²) in [6, 6.07) is 8.12. The highest BCUT2D eigenvalue weighted by Crippen LogP contribution is 2.47. The van der Waals surface area contributed by atoms with Gasteiger partial charge in [-0.1, -0.05) is 78.0 Å². The Morgan fingerprint density at radius 1 is 0.611 bits per heavy atom. The van der Waals surface area contributed by atoms with Crippen molar-refractivity contribution in [3.8, 4) is 11.5 Å². The molecule has 2 aromatic rings. The molecule has 27 nitrogen and oxygen atoms in total. The second kappa shape index (κ2) is 28.8. The van der Waals surface area contributed by atoms with Crippen LogP contribution in [-0.4, -0.2) is 176 Å². The molecule has 0 spiro atoms. The highest BCUT2D eigenvalue weighted by atomic mass is 32.2. The van der Waals surface area contributed by atoms with E-state index in [1.165, 1.54) is 42.2 Å². The van der Waals surface area contributed by atoms with E-state index in [0.29, 0.717) is 61.9 Å². The average Bonchev–Trinajstić information content (AvgIpc) is 1.58. The summed E-state index contributed by atoms with van der Waals surface area (Å²) < 4.78 is 64.3. The number of methoxy groups -OCH3 is 2. The highest BCUT2D eigenvalue weighted by Gasteiger charge is 2.63. The summed E-state index contributed by atoms with van der Waals surface area (Å²) >= 11 is 0. The molecule has 8 fully saturated rings. The van der Waals surface area contributed by atoms with Gasteiger partial charge in [-0.15, -0.1) is 13.2 Å². The average molecular weight is 1360 g/mol. The maximum absolute atomic E-state index is 14.3. The second-order valence-electron chi connectivity index (χ2n) is 28.5. The minimum absolute atomic E-state index is 0.0160. The number of nitrogens with two attached hydrogens (primary N) is 1. The van der Waals surface area contributed by atoms with E-state index >= 15 is 0 Å². The molecule has 0 bridgehead atoms. The molecule has 95 heavy (non-hydrogen) atoms. The van der Waals surface area contributed by atoms with Crippen LogP contribution in [0.15, 0.2) is 73.8 Å². The molecule has 520 valence electrons. The number of para-hydroxylation sites is 2. The van der Waals surface area contributed by atoms with Gasteiger partial charge in [0.15, 0.2) is 0 Å². The van der Waals surface area contributed by atoms with E-state index in [0.717, 1.165) is 25.7 Å². The van der Waals surface area contributed by atoms with E-state index in [1.807, 2.05) is 41.5 Å². The van der Waals surface area contributed by atoms with Gasteiger partial charge in [-0.3, -0.25) is 52.6 Å². The van der Waals surface area contributed by atoms with Gasteiger partial charge in [0.25, 0.3) is 17.7 Å². The van der Waals surface area contributed by atoms with Gasteiger partial charge >= 0.3 is 5.97 Å². The lowest BCUT2D eigenvalue weighted by atomic mass is 9.85. The molecule has 10 N–H and O–H groups in total. The standard InChI is InChI=1S/C33H45N5O8S.C25H39N5O6S.C8H8O3/c1-6-20-17-33(20,31(43)37-47(44,45)22-13-14-22)36-29(41)24-16-21(34-28(40)23-9-7-8-10-25(23)46-5)18-38(24)30(42)27(32(2,3)4)35-26(39)15-19-11-12-19;1-5-15-12-25(15,23(34)29-37(35,36)17-8-9-17)28-21(32)18-11-16(26)13-30(18)22(33)20(24(2,3)4)27-19(31)10-14-6-7-14;1-11-7-5-3-2-4-6(7)8(9)10/h6-10,19-22,24,27H,1,11-18H2,2-5H3,(H,34,40)(H,35,39)(H,36,41)(H,37,43);5,14-18,20H,1,6-13,26H2,2-4H3,(H,27,31)(H,28,32)(H,29,34);2-5H,1H3,(H,9,10)/t20?,21-,24+,27-,33?;15?,16-,18+,20-,25?;/m11./s1. The molecule has 6 aliphatic carbocycles. The Bertz CT molecular complexity index is 3580. The fraction of sp³-hybridized carbons (Fsp3) is 0.606. The van der Waals surface area contributed by atoms with Gasteiger partial charge in [0.1, 0.15) is 52.3 Å². The molecule has 2 heterocycles. The zero-order chi connectivity index (χ0) is 69.9. The Morgan fingerprint density at radius 3 is 1.36 bits per heavy atom. The summed E-state index contributed by atoms with van der Waals surface area (Å²) in [4.78, 5) is 134. The predicted octanol–water partition coefficient (Wildman–Crippen LogP) is 2.70. The lowest BCUT2D eigenvalue weighted by molar-refractivity contribution is -0.144. The smallest absolute Gasteiger partial charge is 0.339 e. The van der Waals surface area contributed by atoms with Gasteiger partial charge in [0.05, 0.1) is 30.3 Å². The number of amides is 9. The van der Waals surface area contributed by atoms with Crippen LogP contribution in [-0.2, 0) is 58.4 Å². The van der Waals surface area contributed by atoms with Crippen molar-refractivity contribution in [1.29, 1.82) is 0 Å². The minimum Gasteiger partial charge on any atom is -0.496 e. The Morgan fingerprint density at radius 2 is 1.00 bits per heavy atom. The van der Waals surface area contributed by atoms with Gasteiger partial charge < -0.3 is 56.7 Å². The van der Waals surface area contributed by atoms with Crippen LogP contribution in [0.4, 0.5) is 0 Å². The van der Waals surface area contributed by atoms with Crippen LogP contribution in [0.1, 0.15) is 152 Å². The number of benzene rings is 2. The molecule has 6 saturated carbocycles. The number of carboxylic acids is 1. The summed E-state index contributed by atoms with van der Waals surface area (Å²) in [6.07, 6.45) is 10.1. The topological polar surface area (TPSA) is 394 Å². The molecular formula is C66H92N10O17S2. The number of hydrogen-bond donors (Lipinski definition) is 9. The molecule has 8 aliphatic rings. The predicted molar refractivity (Wildman–Crippen MR) is 348 cm³/mol. The number of carboxylic acid groups (broad SMARTS) is 1. The fourth-order valence-electron chi connectivity index (χ4n) is 12.0. The first kappa shape index (κ1) is 72.9. The van der Waals surface area contributed by atoms with Gasteiger partial charge in [-0.25, -0.2) is 21.6 Å². The maximum Gasteiger partial charge on any atom is 0.339 e. The van der Waals surface area contributed by atoms with Crippen LogP contribution >= 0.6 is 0 Å². The monoisotopic (exact) mass is 1360 g/mol. The van der Waals surface area contributed by atoms with E-state index in [9.17, 15) is 64.8 Å². The van der Waals surface area contributed by atoms with Gasteiger partial charge in [-0.05, 0) is 124 Å². The van der Waals surface area contributed by atoms with Crippen molar-refractivity contribution >= 4 is 79.2 Å². The summed E-state index contributed by atoms with van der Waals surface area (Å²) in [5.41, 5.74) is 2.30. The van der Waals surface area contributed by atoms with Crippen LogP contribution in [0, 0.1) is 34.5 Å². The first-order valence-corrected chi connectivity index (χ1v) is 35.4. The van der Waals surface area contributed by atoms with Crippen LogP contribution in [0.5, 0.6) is 11.5 Å². The molecule has 0 radical (unpaired) electrons. The number of nitrogens with zero attached hydrogens (tertiary/aromatic N) is 2. The van der Waals surface area contributed by atoms with Crippen LogP contribution in [0.25, 0.3) is 0 Å². The Hall–Kier alpha value is -7.92. The molecule has 2 aliphatic heterocycles. The molecule has 0 aromatic heterocycles. The van der Waals surface area contributed by atoms with Gasteiger partial charge in [0.2, 0.25) is 55.5 Å². The number of aromatic carboxylic acids is 1. The first-order chi connectivity index (χ1) is 44.5. The van der Waals surface area contributed by atoms with Crippen LogP contribution < -0.4 is 51.2 Å². The second-order valence-corrected chi connectivity index (χ2v) is 32.4. The van der Waals surface area contributed by atoms with Gasteiger partial charge in [0, 0.05) is 49.9 Å². The van der Waals surface area contributed by atoms with E-state index in [1.54, 1.807) is 42.5 Å². The molecule has 10 atom stereocenters.